The molecule has 4 rings (SSSR count). The summed E-state index contributed by atoms with van der Waals surface area (Å²) in [6.45, 7) is -0.0614. The van der Waals surface area contributed by atoms with Gasteiger partial charge in [0, 0.05) is 22.6 Å². The second-order valence-corrected chi connectivity index (χ2v) is 6.36. The van der Waals surface area contributed by atoms with Crippen LogP contribution in [0.3, 0.4) is 0 Å². The maximum absolute atomic E-state index is 13.3. The molecule has 0 aliphatic carbocycles. The number of aldehydes is 1. The Hall–Kier alpha value is -4.06. The van der Waals surface area contributed by atoms with Gasteiger partial charge < -0.3 is 19.4 Å². The van der Waals surface area contributed by atoms with Crippen molar-refractivity contribution in [2.24, 2.45) is 0 Å². The zero-order valence-corrected chi connectivity index (χ0v) is 15.2. The largest absolute Gasteiger partial charge is 0.508 e. The van der Waals surface area contributed by atoms with E-state index in [2.05, 4.69) is 0 Å². The third kappa shape index (κ3) is 3.55. The average Bonchev–Trinajstić information content (AvgIpc) is 3.11. The molecule has 3 aromatic carbocycles. The number of hydrogen-bond acceptors (Lipinski definition) is 6. The van der Waals surface area contributed by atoms with E-state index in [-0.39, 0.29) is 23.9 Å². The fourth-order valence-corrected chi connectivity index (χ4v) is 3.10. The Labute approximate surface area is 165 Å². The minimum atomic E-state index is -0.264. The zero-order chi connectivity index (χ0) is 20.4. The smallest absolute Gasteiger partial charge is 0.197 e. The maximum Gasteiger partial charge on any atom is 0.197 e. The Morgan fingerprint density at radius 1 is 0.931 bits per heavy atom. The van der Waals surface area contributed by atoms with Gasteiger partial charge in [0.15, 0.2) is 12.1 Å². The van der Waals surface area contributed by atoms with Crippen molar-refractivity contribution in [3.05, 3.63) is 77.9 Å². The average molecular weight is 388 g/mol. The van der Waals surface area contributed by atoms with Gasteiger partial charge in [0.25, 0.3) is 0 Å². The highest BCUT2D eigenvalue weighted by molar-refractivity contribution is 6.19. The van der Waals surface area contributed by atoms with Crippen LogP contribution in [0, 0.1) is 0 Å². The summed E-state index contributed by atoms with van der Waals surface area (Å²) in [5, 5.41) is 19.9. The third-order valence-corrected chi connectivity index (χ3v) is 4.46. The van der Waals surface area contributed by atoms with Gasteiger partial charge >= 0.3 is 0 Å². The molecule has 2 N–H and O–H groups in total. The molecule has 1 heterocycles. The van der Waals surface area contributed by atoms with Gasteiger partial charge in [-0.2, -0.15) is 0 Å². The molecular weight excluding hydrogens is 372 g/mol. The van der Waals surface area contributed by atoms with Crippen molar-refractivity contribution in [3.63, 3.8) is 0 Å². The number of rotatable bonds is 6. The van der Waals surface area contributed by atoms with Gasteiger partial charge in [-0.3, -0.25) is 9.59 Å². The van der Waals surface area contributed by atoms with Crippen LogP contribution in [0.1, 0.15) is 15.9 Å². The first kappa shape index (κ1) is 18.3. The fourth-order valence-electron chi connectivity index (χ4n) is 3.10. The van der Waals surface area contributed by atoms with E-state index in [1.165, 1.54) is 24.3 Å². The predicted molar refractivity (Wildman–Crippen MR) is 106 cm³/mol. The molecule has 0 aliphatic rings. The highest BCUT2D eigenvalue weighted by Gasteiger charge is 2.23. The summed E-state index contributed by atoms with van der Waals surface area (Å²) in [4.78, 5) is 23.8. The van der Waals surface area contributed by atoms with Crippen LogP contribution in [0.15, 0.2) is 71.1 Å². The quantitative estimate of drug-likeness (QED) is 0.377. The summed E-state index contributed by atoms with van der Waals surface area (Å²) in [7, 11) is 0. The molecule has 0 radical (unpaired) electrons. The maximum atomic E-state index is 13.3. The normalized spacial score (nSPS) is 10.8. The van der Waals surface area contributed by atoms with Gasteiger partial charge in [0.05, 0.1) is 5.56 Å². The standard InChI is InChI=1S/C23H16O6/c24-11-12-28-18-8-3-14(4-9-18)22(27)21-19-10-7-17(26)13-20(19)29-23(21)15-1-5-16(25)6-2-15/h1-11,13,25-26H,12H2. The van der Waals surface area contributed by atoms with E-state index in [1.54, 1.807) is 42.5 Å². The molecule has 0 unspecified atom stereocenters. The second-order valence-electron chi connectivity index (χ2n) is 6.36. The summed E-state index contributed by atoms with van der Waals surface area (Å²) in [5.74, 6) is 0.686. The molecule has 0 atom stereocenters. The van der Waals surface area contributed by atoms with Gasteiger partial charge in [-0.1, -0.05) is 0 Å². The van der Waals surface area contributed by atoms with Gasteiger partial charge in [0.1, 0.15) is 35.2 Å². The summed E-state index contributed by atoms with van der Waals surface area (Å²) < 4.78 is 11.1. The van der Waals surface area contributed by atoms with E-state index in [0.29, 0.717) is 45.5 Å². The Kier molecular flexibility index (Phi) is 4.75. The van der Waals surface area contributed by atoms with Gasteiger partial charge in [-0.15, -0.1) is 0 Å². The minimum Gasteiger partial charge on any atom is -0.508 e. The van der Waals surface area contributed by atoms with Crippen molar-refractivity contribution in [1.29, 1.82) is 0 Å². The number of aromatic hydroxyl groups is 2. The number of carbonyl (C=O) groups excluding carboxylic acids is 2. The topological polar surface area (TPSA) is 97.0 Å². The van der Waals surface area contributed by atoms with Gasteiger partial charge in [-0.25, -0.2) is 0 Å². The number of hydrogen-bond donors (Lipinski definition) is 2. The molecule has 0 bridgehead atoms. The van der Waals surface area contributed by atoms with Crippen molar-refractivity contribution in [2.45, 2.75) is 0 Å². The van der Waals surface area contributed by atoms with Crippen LogP contribution in [-0.4, -0.2) is 28.9 Å². The van der Waals surface area contributed by atoms with E-state index in [9.17, 15) is 19.8 Å². The van der Waals surface area contributed by atoms with Crippen molar-refractivity contribution >= 4 is 23.0 Å². The number of fused-ring (bicyclic) bond motifs is 1. The first-order chi connectivity index (χ1) is 14.1. The molecule has 0 amide bonds. The number of benzene rings is 3. The van der Waals surface area contributed by atoms with E-state index < -0.39 is 0 Å². The lowest BCUT2D eigenvalue weighted by molar-refractivity contribution is -0.109. The summed E-state index contributed by atoms with van der Waals surface area (Å²) in [6.07, 6.45) is 0.649. The number of ketones is 1. The number of phenols is 2. The van der Waals surface area contributed by atoms with Crippen LogP contribution < -0.4 is 4.74 Å². The molecule has 6 heteroatoms. The first-order valence-corrected chi connectivity index (χ1v) is 8.83. The zero-order valence-electron chi connectivity index (χ0n) is 15.2. The summed E-state index contributed by atoms with van der Waals surface area (Å²) in [5.41, 5.74) is 1.77. The minimum absolute atomic E-state index is 0.0270. The molecule has 144 valence electrons. The van der Waals surface area contributed by atoms with E-state index in [4.69, 9.17) is 9.15 Å². The fraction of sp³-hybridized carbons (Fsp3) is 0.0435. The Morgan fingerprint density at radius 3 is 2.31 bits per heavy atom. The van der Waals surface area contributed by atoms with Crippen LogP contribution in [0.5, 0.6) is 17.2 Å². The molecule has 0 saturated heterocycles. The van der Waals surface area contributed by atoms with Crippen LogP contribution in [-0.2, 0) is 4.79 Å². The van der Waals surface area contributed by atoms with Crippen molar-refractivity contribution in [3.8, 4) is 28.6 Å². The molecule has 0 aliphatic heterocycles. The molecule has 4 aromatic rings. The molecule has 29 heavy (non-hydrogen) atoms. The van der Waals surface area contributed by atoms with Crippen LogP contribution in [0.25, 0.3) is 22.3 Å². The number of ether oxygens (including phenoxy) is 1. The third-order valence-electron chi connectivity index (χ3n) is 4.46. The van der Waals surface area contributed by atoms with Crippen molar-refractivity contribution in [2.75, 3.05) is 6.61 Å². The first-order valence-electron chi connectivity index (χ1n) is 8.83. The van der Waals surface area contributed by atoms with Crippen LogP contribution >= 0.6 is 0 Å². The molecule has 0 fully saturated rings. The van der Waals surface area contributed by atoms with E-state index in [1.807, 2.05) is 0 Å². The summed E-state index contributed by atoms with van der Waals surface area (Å²) in [6, 6.07) is 17.4. The molecule has 0 saturated carbocycles. The monoisotopic (exact) mass is 388 g/mol. The van der Waals surface area contributed by atoms with Crippen LogP contribution in [0.4, 0.5) is 0 Å². The number of phenolic OH excluding ortho intramolecular Hbond substituents is 2. The lowest BCUT2D eigenvalue weighted by Gasteiger charge is -2.06. The van der Waals surface area contributed by atoms with Crippen LogP contribution in [0.2, 0.25) is 0 Å². The molecule has 6 nitrogen and oxygen atoms in total. The Balaban J connectivity index is 1.82. The lowest BCUT2D eigenvalue weighted by atomic mass is 9.97. The molecule has 0 spiro atoms. The van der Waals surface area contributed by atoms with Crippen molar-refractivity contribution in [1.82, 2.24) is 0 Å². The highest BCUT2D eigenvalue weighted by Crippen LogP contribution is 2.37. The van der Waals surface area contributed by atoms with Crippen molar-refractivity contribution < 1.29 is 29.0 Å². The number of furan rings is 1. The van der Waals surface area contributed by atoms with E-state index in [0.717, 1.165) is 0 Å². The summed E-state index contributed by atoms with van der Waals surface area (Å²) >= 11 is 0. The van der Waals surface area contributed by atoms with Gasteiger partial charge in [-0.05, 0) is 60.7 Å². The molecular formula is C23H16O6. The molecule has 1 aromatic heterocycles. The predicted octanol–water partition coefficient (Wildman–Crippen LogP) is 4.32. The SMILES string of the molecule is O=CCOc1ccc(C(=O)c2c(-c3ccc(O)cc3)oc3cc(O)ccc23)cc1. The number of carbonyl (C=O) groups is 2. The Bertz CT molecular complexity index is 1190. The Morgan fingerprint density at radius 2 is 1.62 bits per heavy atom. The second kappa shape index (κ2) is 7.52. The highest BCUT2D eigenvalue weighted by atomic mass is 16.5. The lowest BCUT2D eigenvalue weighted by Crippen LogP contribution is -2.03. The van der Waals surface area contributed by atoms with Gasteiger partial charge in [0.2, 0.25) is 0 Å². The van der Waals surface area contributed by atoms with E-state index >= 15 is 0 Å².